The Morgan fingerprint density at radius 1 is 1.09 bits per heavy atom. The number of aryl methyl sites for hydroxylation is 2. The third-order valence-electron chi connectivity index (χ3n) is 6.52. The number of carbonyl (C=O) groups excluding carboxylic acids is 3. The Morgan fingerprint density at radius 3 is 2.42 bits per heavy atom. The van der Waals surface area contributed by atoms with Crippen LogP contribution in [0.2, 0.25) is 0 Å². The summed E-state index contributed by atoms with van der Waals surface area (Å²) in [7, 11) is 1.89. The third-order valence-corrected chi connectivity index (χ3v) is 6.52. The molecule has 0 radical (unpaired) electrons. The highest BCUT2D eigenvalue weighted by Crippen LogP contribution is 2.34. The van der Waals surface area contributed by atoms with Gasteiger partial charge in [-0.15, -0.1) is 0 Å². The molecule has 0 aliphatic carbocycles. The largest absolute Gasteiger partial charge is 0.508 e. The first kappa shape index (κ1) is 20.7. The molecule has 2 aliphatic heterocycles. The Kier molecular flexibility index (Phi) is 4.52. The van der Waals surface area contributed by atoms with Gasteiger partial charge < -0.3 is 15.3 Å². The van der Waals surface area contributed by atoms with Gasteiger partial charge in [-0.2, -0.15) is 5.10 Å². The number of rotatable bonds is 4. The molecule has 3 N–H and O–H groups in total. The summed E-state index contributed by atoms with van der Waals surface area (Å²) in [4.78, 5) is 39.6. The van der Waals surface area contributed by atoms with Gasteiger partial charge in [0.2, 0.25) is 0 Å². The Bertz CT molecular complexity index is 1330. The van der Waals surface area contributed by atoms with Gasteiger partial charge in [-0.1, -0.05) is 30.3 Å². The molecule has 0 saturated carbocycles. The monoisotopic (exact) mass is 445 g/mol. The molecule has 2 aromatic carbocycles. The molecule has 3 aromatic rings. The van der Waals surface area contributed by atoms with Crippen LogP contribution < -0.4 is 10.6 Å². The lowest BCUT2D eigenvalue weighted by molar-refractivity contribution is -0.124. The van der Waals surface area contributed by atoms with Crippen LogP contribution in [0.15, 0.2) is 42.5 Å². The topological polar surface area (TPSA) is 117 Å². The zero-order chi connectivity index (χ0) is 23.5. The zero-order valence-electron chi connectivity index (χ0n) is 18.5. The number of hydrogen-bond acceptors (Lipinski definition) is 5. The minimum atomic E-state index is -1.42. The number of aromatic hydroxyl groups is 1. The average molecular weight is 445 g/mol. The fourth-order valence-electron chi connectivity index (χ4n) is 4.77. The van der Waals surface area contributed by atoms with Gasteiger partial charge >= 0.3 is 6.03 Å². The lowest BCUT2D eigenvalue weighted by Crippen LogP contribution is -2.52. The van der Waals surface area contributed by atoms with Gasteiger partial charge in [0.1, 0.15) is 5.75 Å². The van der Waals surface area contributed by atoms with Crippen molar-refractivity contribution in [3.05, 3.63) is 70.5 Å². The summed E-state index contributed by atoms with van der Waals surface area (Å²) in [6.07, 6.45) is 0. The molecule has 1 fully saturated rings. The molecule has 1 aromatic heterocycles. The quantitative estimate of drug-likeness (QED) is 0.532. The van der Waals surface area contributed by atoms with Crippen LogP contribution in [-0.4, -0.2) is 44.2 Å². The minimum absolute atomic E-state index is 0.00199. The first-order chi connectivity index (χ1) is 15.7. The zero-order valence-corrected chi connectivity index (χ0v) is 18.5. The van der Waals surface area contributed by atoms with E-state index in [-0.39, 0.29) is 24.7 Å². The average Bonchev–Trinajstić information content (AvgIpc) is 3.33. The van der Waals surface area contributed by atoms with Crippen LogP contribution in [-0.2, 0) is 23.9 Å². The fraction of sp³-hybridized carbons (Fsp3) is 0.250. The second-order valence-electron chi connectivity index (χ2n) is 8.56. The molecule has 168 valence electrons. The summed E-state index contributed by atoms with van der Waals surface area (Å²) in [5.74, 6) is -0.810. The van der Waals surface area contributed by atoms with Crippen molar-refractivity contribution < 1.29 is 19.5 Å². The summed E-state index contributed by atoms with van der Waals surface area (Å²) in [6.45, 7) is 4.18. The van der Waals surface area contributed by atoms with E-state index in [0.717, 1.165) is 28.1 Å². The van der Waals surface area contributed by atoms with E-state index in [0.29, 0.717) is 11.1 Å². The van der Waals surface area contributed by atoms with Crippen LogP contribution in [0.25, 0.3) is 11.1 Å². The highest BCUT2D eigenvalue weighted by Gasteiger charge is 2.50. The molecule has 5 rings (SSSR count). The number of benzene rings is 2. The van der Waals surface area contributed by atoms with Gasteiger partial charge in [0.15, 0.2) is 5.54 Å². The van der Waals surface area contributed by atoms with Crippen molar-refractivity contribution >= 4 is 17.8 Å². The molecule has 0 unspecified atom stereocenters. The van der Waals surface area contributed by atoms with Gasteiger partial charge in [-0.05, 0) is 42.7 Å². The van der Waals surface area contributed by atoms with Crippen molar-refractivity contribution in [2.45, 2.75) is 25.9 Å². The molecular formula is C24H23N5O4. The number of phenols is 1. The smallest absolute Gasteiger partial charge is 0.322 e. The Hall–Kier alpha value is -4.14. The Morgan fingerprint density at radius 2 is 1.82 bits per heavy atom. The maximum Gasteiger partial charge on any atom is 0.322 e. The molecule has 9 heteroatoms. The van der Waals surface area contributed by atoms with E-state index >= 15 is 0 Å². The van der Waals surface area contributed by atoms with Crippen LogP contribution >= 0.6 is 0 Å². The van der Waals surface area contributed by atoms with Crippen molar-refractivity contribution in [3.8, 4) is 16.9 Å². The Labute approximate surface area is 190 Å². The van der Waals surface area contributed by atoms with Crippen LogP contribution in [0, 0.1) is 13.8 Å². The molecule has 0 bridgehead atoms. The number of carbonyl (C=O) groups is 3. The maximum atomic E-state index is 13.0. The number of aromatic nitrogens is 2. The van der Waals surface area contributed by atoms with Crippen LogP contribution in [0.5, 0.6) is 5.75 Å². The lowest BCUT2D eigenvalue weighted by atomic mass is 9.88. The van der Waals surface area contributed by atoms with Crippen LogP contribution in [0.3, 0.4) is 0 Å². The maximum absolute atomic E-state index is 13.0. The van der Waals surface area contributed by atoms with E-state index in [1.807, 2.05) is 37.7 Å². The second kappa shape index (κ2) is 7.19. The number of imide groups is 1. The first-order valence-electron chi connectivity index (χ1n) is 10.6. The van der Waals surface area contributed by atoms with Gasteiger partial charge in [-0.25, -0.2) is 4.79 Å². The standard InChI is InChI=1S/C24H23N5O4/c1-13-20(14(2)28(3)27-13)15-4-7-17(8-5-15)24(22(32)25-23(33)26-24)12-29-11-16-6-9-18(30)10-19(16)21(29)31/h4-10,30H,11-12H2,1-3H3,(H2,25,26,32,33)/t24-/m0/s1. The van der Waals surface area contributed by atoms with Gasteiger partial charge in [-0.3, -0.25) is 19.6 Å². The van der Waals surface area contributed by atoms with E-state index in [4.69, 9.17) is 0 Å². The van der Waals surface area contributed by atoms with Crippen molar-refractivity contribution in [2.24, 2.45) is 7.05 Å². The summed E-state index contributed by atoms with van der Waals surface area (Å²) >= 11 is 0. The molecule has 3 heterocycles. The molecule has 1 saturated heterocycles. The molecule has 33 heavy (non-hydrogen) atoms. The molecular weight excluding hydrogens is 422 g/mol. The molecule has 2 aliphatic rings. The van der Waals surface area contributed by atoms with Crippen molar-refractivity contribution in [1.29, 1.82) is 0 Å². The van der Waals surface area contributed by atoms with E-state index in [2.05, 4.69) is 15.7 Å². The second-order valence-corrected chi connectivity index (χ2v) is 8.56. The number of urea groups is 1. The fourth-order valence-corrected chi connectivity index (χ4v) is 4.77. The highest BCUT2D eigenvalue weighted by molar-refractivity contribution is 6.08. The molecule has 9 nitrogen and oxygen atoms in total. The van der Waals surface area contributed by atoms with Crippen molar-refractivity contribution in [2.75, 3.05) is 6.54 Å². The van der Waals surface area contributed by atoms with Crippen LogP contribution in [0.4, 0.5) is 4.79 Å². The number of fused-ring (bicyclic) bond motifs is 1. The van der Waals surface area contributed by atoms with Crippen molar-refractivity contribution in [3.63, 3.8) is 0 Å². The predicted octanol–water partition coefficient (Wildman–Crippen LogP) is 2.10. The number of amides is 4. The molecule has 1 atom stereocenters. The highest BCUT2D eigenvalue weighted by atomic mass is 16.3. The van der Waals surface area contributed by atoms with Crippen molar-refractivity contribution in [1.82, 2.24) is 25.3 Å². The number of nitrogens with zero attached hydrogens (tertiary/aromatic N) is 3. The third kappa shape index (κ3) is 3.15. The number of nitrogens with one attached hydrogen (secondary N) is 2. The lowest BCUT2D eigenvalue weighted by Gasteiger charge is -2.31. The van der Waals surface area contributed by atoms with Gasteiger partial charge in [0.25, 0.3) is 11.8 Å². The van der Waals surface area contributed by atoms with Gasteiger partial charge in [0.05, 0.1) is 12.2 Å². The summed E-state index contributed by atoms with van der Waals surface area (Å²) < 4.78 is 1.82. The predicted molar refractivity (Wildman–Crippen MR) is 119 cm³/mol. The number of hydrogen-bond donors (Lipinski definition) is 3. The first-order valence-corrected chi connectivity index (χ1v) is 10.6. The summed E-state index contributed by atoms with van der Waals surface area (Å²) in [6, 6.07) is 11.4. The Balaban J connectivity index is 1.51. The van der Waals surface area contributed by atoms with E-state index in [1.54, 1.807) is 18.2 Å². The summed E-state index contributed by atoms with van der Waals surface area (Å²) in [5, 5.41) is 19.3. The van der Waals surface area contributed by atoms with E-state index < -0.39 is 17.5 Å². The SMILES string of the molecule is Cc1nn(C)c(C)c1-c1ccc([C@]2(CN3Cc4ccc(O)cc4C3=O)NC(=O)NC2=O)cc1. The molecule has 4 amide bonds. The van der Waals surface area contributed by atoms with Gasteiger partial charge in [0, 0.05) is 30.4 Å². The van der Waals surface area contributed by atoms with Crippen LogP contribution in [0.1, 0.15) is 32.9 Å². The normalized spacial score (nSPS) is 19.6. The minimum Gasteiger partial charge on any atom is -0.508 e. The number of phenolic OH excluding ortho intramolecular Hbond substituents is 1. The summed E-state index contributed by atoms with van der Waals surface area (Å²) in [5.41, 5.74) is 4.18. The van der Waals surface area contributed by atoms with E-state index in [9.17, 15) is 19.5 Å². The van der Waals surface area contributed by atoms with E-state index in [1.165, 1.54) is 17.0 Å². The molecule has 0 spiro atoms.